The number of thioether (sulfide) groups is 1. The molecule has 1 atom stereocenters. The van der Waals surface area contributed by atoms with Crippen LogP contribution in [0.15, 0.2) is 131 Å². The molecule has 2 fully saturated rings. The molecule has 0 aliphatic carbocycles. The number of sulfonamides is 1. The number of aryl methyl sites for hydroxylation is 1. The van der Waals surface area contributed by atoms with Crippen LogP contribution in [-0.2, 0) is 16.6 Å². The molecule has 0 bridgehead atoms. The minimum absolute atomic E-state index is 0.0615. The maximum absolute atomic E-state index is 13.4. The molecule has 8 nitrogen and oxygen atoms in total. The van der Waals surface area contributed by atoms with Crippen LogP contribution in [0, 0.1) is 6.92 Å². The quantitative estimate of drug-likeness (QED) is 0.102. The van der Waals surface area contributed by atoms with Crippen LogP contribution in [0.25, 0.3) is 11.1 Å². The Hall–Kier alpha value is -4.32. The molecule has 2 aliphatic heterocycles. The second kappa shape index (κ2) is 18.7. The second-order valence-corrected chi connectivity index (χ2v) is 17.9. The summed E-state index contributed by atoms with van der Waals surface area (Å²) in [5.41, 5.74) is 6.66. The van der Waals surface area contributed by atoms with Crippen molar-refractivity contribution >= 4 is 50.7 Å². The molecule has 2 saturated heterocycles. The Morgan fingerprint density at radius 3 is 2.20 bits per heavy atom. The highest BCUT2D eigenvalue weighted by molar-refractivity contribution is 7.99. The van der Waals surface area contributed by atoms with Crippen LogP contribution in [-0.4, -0.2) is 81.7 Å². The molecule has 0 aromatic heterocycles. The third kappa shape index (κ3) is 10.5. The van der Waals surface area contributed by atoms with E-state index in [-0.39, 0.29) is 10.9 Å². The maximum atomic E-state index is 13.4. The van der Waals surface area contributed by atoms with E-state index in [0.717, 1.165) is 92.1 Å². The van der Waals surface area contributed by atoms with Gasteiger partial charge in [0.05, 0.1) is 4.90 Å². The van der Waals surface area contributed by atoms with Crippen molar-refractivity contribution in [1.82, 2.24) is 14.5 Å². The van der Waals surface area contributed by atoms with Gasteiger partial charge in [0.15, 0.2) is 0 Å². The largest absolute Gasteiger partial charge is 0.381 e. The van der Waals surface area contributed by atoms with Crippen LogP contribution in [0.2, 0.25) is 5.02 Å². The smallest absolute Gasteiger partial charge is 0.264 e. The van der Waals surface area contributed by atoms with Gasteiger partial charge in [0, 0.05) is 77.9 Å². The van der Waals surface area contributed by atoms with Crippen molar-refractivity contribution in [3.8, 4) is 11.1 Å². The van der Waals surface area contributed by atoms with Crippen LogP contribution >= 0.6 is 23.4 Å². The number of nitrogens with zero attached hydrogens (tertiary/aromatic N) is 3. The Kier molecular flexibility index (Phi) is 13.4. The van der Waals surface area contributed by atoms with E-state index in [4.69, 9.17) is 11.6 Å². The van der Waals surface area contributed by atoms with Crippen molar-refractivity contribution in [2.24, 2.45) is 0 Å². The molecule has 0 unspecified atom stereocenters. The molecule has 0 saturated carbocycles. The minimum atomic E-state index is -4.09. The molecular formula is C45H50ClN5O3S2. The molecule has 1 amide bonds. The van der Waals surface area contributed by atoms with Gasteiger partial charge < -0.3 is 15.1 Å². The Morgan fingerprint density at radius 2 is 1.48 bits per heavy atom. The summed E-state index contributed by atoms with van der Waals surface area (Å²) in [6, 6.07) is 39.3. The van der Waals surface area contributed by atoms with Crippen molar-refractivity contribution in [3.05, 3.63) is 143 Å². The molecule has 0 radical (unpaired) electrons. The summed E-state index contributed by atoms with van der Waals surface area (Å²) in [6.07, 6.45) is 3.51. The van der Waals surface area contributed by atoms with E-state index in [1.54, 1.807) is 24.3 Å². The highest BCUT2D eigenvalue weighted by atomic mass is 35.5. The average molecular weight is 809 g/mol. The van der Waals surface area contributed by atoms with Gasteiger partial charge in [-0.3, -0.25) is 9.69 Å². The van der Waals surface area contributed by atoms with Crippen LogP contribution < -0.4 is 14.9 Å². The summed E-state index contributed by atoms with van der Waals surface area (Å²) in [7, 11) is -4.09. The number of hydrogen-bond donors (Lipinski definition) is 2. The molecule has 5 aromatic rings. The van der Waals surface area contributed by atoms with Gasteiger partial charge in [0.2, 0.25) is 0 Å². The SMILES string of the molecule is Cc1cc(S(=O)(=O)NC(=O)c2ccc(N3CCN(Cc4ccccc4-c4ccc(Cl)cc4)CC3)cc2)ccc1N[C@H](CCN1CCCC1)CSc1ccccc1. The van der Waals surface area contributed by atoms with E-state index in [2.05, 4.69) is 85.4 Å². The lowest BCUT2D eigenvalue weighted by Crippen LogP contribution is -2.46. The zero-order valence-corrected chi connectivity index (χ0v) is 34.3. The van der Waals surface area contributed by atoms with Gasteiger partial charge >= 0.3 is 0 Å². The van der Waals surface area contributed by atoms with Crippen molar-refractivity contribution in [2.75, 3.05) is 61.8 Å². The number of likely N-dealkylation sites (tertiary alicyclic amines) is 1. The molecule has 5 aromatic carbocycles. The summed E-state index contributed by atoms with van der Waals surface area (Å²) in [5, 5.41) is 4.43. The van der Waals surface area contributed by atoms with Crippen molar-refractivity contribution in [2.45, 2.75) is 48.6 Å². The van der Waals surface area contributed by atoms with Gasteiger partial charge in [-0.25, -0.2) is 13.1 Å². The van der Waals surface area contributed by atoms with Gasteiger partial charge in [0.25, 0.3) is 15.9 Å². The first kappa shape index (κ1) is 39.9. The van der Waals surface area contributed by atoms with Gasteiger partial charge in [-0.2, -0.15) is 0 Å². The Balaban J connectivity index is 0.926. The van der Waals surface area contributed by atoms with Crippen LogP contribution in [0.4, 0.5) is 11.4 Å². The van der Waals surface area contributed by atoms with Crippen LogP contribution in [0.1, 0.15) is 40.7 Å². The Bertz CT molecular complexity index is 2170. The Labute approximate surface area is 341 Å². The summed E-state index contributed by atoms with van der Waals surface area (Å²) in [6.45, 7) is 9.59. The highest BCUT2D eigenvalue weighted by Gasteiger charge is 2.23. The fourth-order valence-corrected chi connectivity index (χ4v) is 9.66. The number of anilines is 2. The molecule has 11 heteroatoms. The number of nitrogens with one attached hydrogen (secondary N) is 2. The van der Waals surface area contributed by atoms with Gasteiger partial charge in [-0.05, 0) is 128 Å². The monoisotopic (exact) mass is 807 g/mol. The number of carbonyl (C=O) groups excluding carboxylic acids is 1. The maximum Gasteiger partial charge on any atom is 0.264 e. The number of hydrogen-bond acceptors (Lipinski definition) is 8. The molecule has 2 N–H and O–H groups in total. The topological polar surface area (TPSA) is 85.0 Å². The van der Waals surface area contributed by atoms with E-state index < -0.39 is 15.9 Å². The first-order valence-electron chi connectivity index (χ1n) is 19.5. The molecule has 2 aliphatic rings. The second-order valence-electron chi connectivity index (χ2n) is 14.7. The predicted molar refractivity (Wildman–Crippen MR) is 232 cm³/mol. The normalized spacial score (nSPS) is 15.8. The number of halogens is 1. The van der Waals surface area contributed by atoms with Crippen molar-refractivity contribution in [1.29, 1.82) is 0 Å². The summed E-state index contributed by atoms with van der Waals surface area (Å²) >= 11 is 7.96. The first-order chi connectivity index (χ1) is 27.2. The predicted octanol–water partition coefficient (Wildman–Crippen LogP) is 8.82. The van der Waals surface area contributed by atoms with Crippen molar-refractivity contribution in [3.63, 3.8) is 0 Å². The minimum Gasteiger partial charge on any atom is -0.381 e. The Morgan fingerprint density at radius 1 is 0.786 bits per heavy atom. The lowest BCUT2D eigenvalue weighted by molar-refractivity contribution is 0.0981. The lowest BCUT2D eigenvalue weighted by atomic mass is 9.99. The average Bonchev–Trinajstić information content (AvgIpc) is 3.75. The molecule has 7 rings (SSSR count). The third-order valence-corrected chi connectivity index (χ3v) is 13.5. The van der Waals surface area contributed by atoms with Crippen molar-refractivity contribution < 1.29 is 13.2 Å². The number of benzene rings is 5. The van der Waals surface area contributed by atoms with Crippen LogP contribution in [0.5, 0.6) is 0 Å². The number of amides is 1. The number of piperazine rings is 1. The van der Waals surface area contributed by atoms with E-state index >= 15 is 0 Å². The highest BCUT2D eigenvalue weighted by Crippen LogP contribution is 2.28. The number of carbonyl (C=O) groups is 1. The zero-order chi connectivity index (χ0) is 38.9. The summed E-state index contributed by atoms with van der Waals surface area (Å²) in [4.78, 5) is 21.8. The molecule has 0 spiro atoms. The van der Waals surface area contributed by atoms with Gasteiger partial charge in [-0.15, -0.1) is 11.8 Å². The first-order valence-corrected chi connectivity index (χ1v) is 22.3. The van der Waals surface area contributed by atoms with E-state index in [1.165, 1.54) is 28.9 Å². The molecular weight excluding hydrogens is 758 g/mol. The van der Waals surface area contributed by atoms with E-state index in [9.17, 15) is 13.2 Å². The van der Waals surface area contributed by atoms with Gasteiger partial charge in [-0.1, -0.05) is 66.2 Å². The van der Waals surface area contributed by atoms with E-state index in [1.807, 2.05) is 55.1 Å². The lowest BCUT2D eigenvalue weighted by Gasteiger charge is -2.36. The van der Waals surface area contributed by atoms with E-state index in [0.29, 0.717) is 5.56 Å². The molecule has 56 heavy (non-hydrogen) atoms. The fourth-order valence-electron chi connectivity index (χ4n) is 7.48. The summed E-state index contributed by atoms with van der Waals surface area (Å²) < 4.78 is 29.1. The fraction of sp³-hybridized carbons (Fsp3) is 0.311. The standard InChI is InChI=1S/C45H50ClN5O3S2/c1-34-31-42(21-22-44(34)47-39(23-26-49-24-7-8-25-49)33-55-41-10-3-2-4-11-41)56(53,54)48-45(52)36-15-19-40(20-16-36)51-29-27-50(28-30-51)32-37-9-5-6-12-43(37)35-13-17-38(46)18-14-35/h2-6,9-22,31,39,47H,7-8,23-30,32-33H2,1H3,(H,48,52)/t39-/m1/s1. The molecule has 2 heterocycles. The number of rotatable bonds is 15. The molecule has 292 valence electrons. The zero-order valence-electron chi connectivity index (χ0n) is 31.9. The van der Waals surface area contributed by atoms with Crippen LogP contribution in [0.3, 0.4) is 0 Å². The third-order valence-electron chi connectivity index (χ3n) is 10.7. The van der Waals surface area contributed by atoms with Gasteiger partial charge in [0.1, 0.15) is 0 Å². The summed E-state index contributed by atoms with van der Waals surface area (Å²) in [5.74, 6) is 0.240.